The fourth-order valence-corrected chi connectivity index (χ4v) is 2.15. The van der Waals surface area contributed by atoms with Crippen molar-refractivity contribution in [1.82, 2.24) is 5.32 Å². The predicted octanol–water partition coefficient (Wildman–Crippen LogP) is 2.11. The summed E-state index contributed by atoms with van der Waals surface area (Å²) >= 11 is 3.40. The zero-order valence-electron chi connectivity index (χ0n) is 11.3. The largest absolute Gasteiger partial charge is 0.369 e. The monoisotopic (exact) mass is 316 g/mol. The molecular weight excluding hydrogens is 296 g/mol. The van der Waals surface area contributed by atoms with Gasteiger partial charge in [-0.2, -0.15) is 0 Å². The number of allylic oxidation sites excluding steroid dienone is 2. The van der Waals surface area contributed by atoms with E-state index in [2.05, 4.69) is 27.8 Å². The quantitative estimate of drug-likeness (QED) is 0.618. The fourth-order valence-electron chi connectivity index (χ4n) is 1.85. The van der Waals surface area contributed by atoms with E-state index in [0.29, 0.717) is 6.54 Å². The molecule has 0 aliphatic carbocycles. The van der Waals surface area contributed by atoms with Crippen LogP contribution in [0, 0.1) is 11.8 Å². The molecule has 0 aromatic heterocycles. The molecule has 1 fully saturated rings. The summed E-state index contributed by atoms with van der Waals surface area (Å²) in [7, 11) is 0. The second-order valence-corrected chi connectivity index (χ2v) is 4.80. The molecule has 1 aliphatic rings. The van der Waals surface area contributed by atoms with Crippen molar-refractivity contribution in [3.05, 3.63) is 22.2 Å². The van der Waals surface area contributed by atoms with Crippen LogP contribution in [0.1, 0.15) is 27.7 Å². The summed E-state index contributed by atoms with van der Waals surface area (Å²) in [6.45, 7) is 12.0. The van der Waals surface area contributed by atoms with Crippen LogP contribution in [0.5, 0.6) is 0 Å². The zero-order chi connectivity index (χ0) is 14.5. The third kappa shape index (κ3) is 3.70. The molecular formula is C13H21BrN2O2. The standard InChI is InChI=1S/C11H15BrN2O2.C2H6/c1-5(2)9(12)6(3)7-4-14-11(16)8(7)10(13)15;1-2/h7-8H,1,4H2,2-3H3,(H2,13,15)(H,14,16);1-2H3/b9-6+;/t7?,8-;/m0./s1. The lowest BCUT2D eigenvalue weighted by molar-refractivity contribution is -0.131. The Morgan fingerprint density at radius 2 is 1.94 bits per heavy atom. The van der Waals surface area contributed by atoms with Crippen LogP contribution in [0.4, 0.5) is 0 Å². The van der Waals surface area contributed by atoms with Crippen molar-refractivity contribution in [1.29, 1.82) is 0 Å². The van der Waals surface area contributed by atoms with E-state index in [4.69, 9.17) is 5.73 Å². The van der Waals surface area contributed by atoms with Gasteiger partial charge in [-0.25, -0.2) is 0 Å². The van der Waals surface area contributed by atoms with Crippen LogP contribution in [0.25, 0.3) is 0 Å². The summed E-state index contributed by atoms with van der Waals surface area (Å²) in [6, 6.07) is 0. The smallest absolute Gasteiger partial charge is 0.233 e. The summed E-state index contributed by atoms with van der Waals surface area (Å²) in [6.07, 6.45) is 0. The molecule has 2 atom stereocenters. The lowest BCUT2D eigenvalue weighted by atomic mass is 9.88. The second kappa shape index (κ2) is 7.36. The van der Waals surface area contributed by atoms with Gasteiger partial charge < -0.3 is 11.1 Å². The van der Waals surface area contributed by atoms with Crippen LogP contribution < -0.4 is 11.1 Å². The minimum absolute atomic E-state index is 0.184. The molecule has 5 heteroatoms. The molecule has 1 aliphatic heterocycles. The van der Waals surface area contributed by atoms with E-state index in [1.807, 2.05) is 27.7 Å². The van der Waals surface area contributed by atoms with E-state index in [-0.39, 0.29) is 11.8 Å². The van der Waals surface area contributed by atoms with Crippen LogP contribution in [-0.4, -0.2) is 18.4 Å². The van der Waals surface area contributed by atoms with E-state index < -0.39 is 11.8 Å². The van der Waals surface area contributed by atoms with E-state index in [0.717, 1.165) is 15.6 Å². The topological polar surface area (TPSA) is 72.2 Å². The highest BCUT2D eigenvalue weighted by Crippen LogP contribution is 2.31. The molecule has 0 saturated carbocycles. The lowest BCUT2D eigenvalue weighted by Crippen LogP contribution is -2.33. The number of hydrogen-bond donors (Lipinski definition) is 2. The molecule has 1 heterocycles. The molecule has 4 nitrogen and oxygen atoms in total. The normalized spacial score (nSPS) is 23.5. The Morgan fingerprint density at radius 3 is 2.33 bits per heavy atom. The molecule has 1 saturated heterocycles. The number of primary amides is 1. The maximum absolute atomic E-state index is 11.5. The van der Waals surface area contributed by atoms with Gasteiger partial charge in [0.05, 0.1) is 0 Å². The SMILES string of the molecule is C=C(C)/C(Br)=C(/C)C1CNC(=O)[C@@H]1C(N)=O.CC. The molecule has 0 aromatic carbocycles. The summed E-state index contributed by atoms with van der Waals surface area (Å²) in [5, 5.41) is 2.65. The molecule has 2 amide bonds. The Morgan fingerprint density at radius 1 is 1.44 bits per heavy atom. The van der Waals surface area contributed by atoms with E-state index in [9.17, 15) is 9.59 Å². The number of nitrogens with two attached hydrogens (primary N) is 1. The van der Waals surface area contributed by atoms with Gasteiger partial charge in [-0.15, -0.1) is 0 Å². The number of hydrogen-bond acceptors (Lipinski definition) is 2. The molecule has 1 unspecified atom stereocenters. The number of carbonyl (C=O) groups excluding carboxylic acids is 2. The highest BCUT2D eigenvalue weighted by molar-refractivity contribution is 9.12. The molecule has 18 heavy (non-hydrogen) atoms. The van der Waals surface area contributed by atoms with Gasteiger partial charge in [0, 0.05) is 16.9 Å². The summed E-state index contributed by atoms with van der Waals surface area (Å²) < 4.78 is 0.847. The van der Waals surface area contributed by atoms with Crippen molar-refractivity contribution in [2.24, 2.45) is 17.6 Å². The minimum Gasteiger partial charge on any atom is -0.369 e. The number of nitrogens with one attached hydrogen (secondary N) is 1. The molecule has 0 aromatic rings. The average molecular weight is 317 g/mol. The first kappa shape index (κ1) is 16.9. The van der Waals surface area contributed by atoms with E-state index >= 15 is 0 Å². The Kier molecular flexibility index (Phi) is 6.91. The van der Waals surface area contributed by atoms with Crippen molar-refractivity contribution in [2.75, 3.05) is 6.54 Å². The van der Waals surface area contributed by atoms with Gasteiger partial charge in [-0.3, -0.25) is 9.59 Å². The second-order valence-electron chi connectivity index (χ2n) is 4.01. The predicted molar refractivity (Wildman–Crippen MR) is 77.0 cm³/mol. The Hall–Kier alpha value is -1.10. The molecule has 3 N–H and O–H groups in total. The van der Waals surface area contributed by atoms with Crippen molar-refractivity contribution < 1.29 is 9.59 Å². The van der Waals surface area contributed by atoms with Gasteiger partial charge >= 0.3 is 0 Å². The number of amides is 2. The van der Waals surface area contributed by atoms with E-state index in [1.54, 1.807) is 0 Å². The van der Waals surface area contributed by atoms with Gasteiger partial charge in [0.15, 0.2) is 0 Å². The van der Waals surface area contributed by atoms with Gasteiger partial charge in [0.2, 0.25) is 11.8 Å². The maximum atomic E-state index is 11.5. The van der Waals surface area contributed by atoms with Crippen molar-refractivity contribution in [2.45, 2.75) is 27.7 Å². The van der Waals surface area contributed by atoms with Gasteiger partial charge in [-0.05, 0) is 19.4 Å². The molecule has 0 radical (unpaired) electrons. The number of carbonyl (C=O) groups is 2. The summed E-state index contributed by atoms with van der Waals surface area (Å²) in [5.41, 5.74) is 7.02. The third-order valence-corrected chi connectivity index (χ3v) is 4.07. The molecule has 102 valence electrons. The van der Waals surface area contributed by atoms with Crippen LogP contribution in [0.2, 0.25) is 0 Å². The van der Waals surface area contributed by atoms with Crippen LogP contribution in [0.15, 0.2) is 22.2 Å². The molecule has 0 bridgehead atoms. The highest BCUT2D eigenvalue weighted by atomic mass is 79.9. The number of rotatable bonds is 3. The third-order valence-electron chi connectivity index (χ3n) is 2.76. The Labute approximate surface area is 117 Å². The minimum atomic E-state index is -0.771. The van der Waals surface area contributed by atoms with Crippen molar-refractivity contribution >= 4 is 27.7 Å². The first-order valence-corrected chi connectivity index (χ1v) is 6.74. The maximum Gasteiger partial charge on any atom is 0.233 e. The highest BCUT2D eigenvalue weighted by Gasteiger charge is 2.40. The Balaban J connectivity index is 0.00000137. The Bertz CT molecular complexity index is 388. The number of halogens is 1. The van der Waals surface area contributed by atoms with Crippen LogP contribution >= 0.6 is 15.9 Å². The first-order valence-electron chi connectivity index (χ1n) is 5.95. The first-order chi connectivity index (χ1) is 8.36. The summed E-state index contributed by atoms with van der Waals surface area (Å²) in [5.74, 6) is -1.83. The van der Waals surface area contributed by atoms with Crippen LogP contribution in [0.3, 0.4) is 0 Å². The van der Waals surface area contributed by atoms with Crippen LogP contribution in [-0.2, 0) is 9.59 Å². The van der Waals surface area contributed by atoms with Gasteiger partial charge in [-0.1, -0.05) is 41.9 Å². The van der Waals surface area contributed by atoms with Gasteiger partial charge in [0.25, 0.3) is 0 Å². The van der Waals surface area contributed by atoms with Gasteiger partial charge in [0.1, 0.15) is 5.92 Å². The van der Waals surface area contributed by atoms with E-state index in [1.165, 1.54) is 0 Å². The molecule has 1 rings (SSSR count). The average Bonchev–Trinajstić information content (AvgIpc) is 2.71. The zero-order valence-corrected chi connectivity index (χ0v) is 12.9. The lowest BCUT2D eigenvalue weighted by Gasteiger charge is -2.16. The summed E-state index contributed by atoms with van der Waals surface area (Å²) in [4.78, 5) is 22.7. The van der Waals surface area contributed by atoms with Crippen molar-refractivity contribution in [3.8, 4) is 0 Å². The molecule has 0 spiro atoms. The van der Waals surface area contributed by atoms with Crippen molar-refractivity contribution in [3.63, 3.8) is 0 Å². The fraction of sp³-hybridized carbons (Fsp3) is 0.538.